The molecule has 9 aliphatic rings. The van der Waals surface area contributed by atoms with Crippen LogP contribution in [0.3, 0.4) is 0 Å². The molecular weight excluding hydrogens is 885 g/mol. The fraction of sp³-hybridized carbons (Fsp3) is 0.830. The van der Waals surface area contributed by atoms with Crippen LogP contribution in [-0.2, 0) is 19.1 Å². The Morgan fingerprint density at radius 3 is 2.49 bits per heavy atom. The number of nitrogens with one attached hydrogen (secondary N) is 2. The number of carboxylic acids is 1. The van der Waals surface area contributed by atoms with Crippen molar-refractivity contribution in [3.8, 4) is 11.8 Å². The van der Waals surface area contributed by atoms with Crippen molar-refractivity contribution >= 4 is 11.9 Å². The Morgan fingerprint density at radius 1 is 1.00 bits per heavy atom. The first-order chi connectivity index (χ1) is 33.0. The van der Waals surface area contributed by atoms with E-state index >= 15 is 0 Å². The van der Waals surface area contributed by atoms with Gasteiger partial charge in [-0.1, -0.05) is 44.8 Å². The number of aliphatic hydroxyl groups is 7. The predicted octanol–water partition coefficient (Wildman–Crippen LogP) is 2.59. The number of imidazole rings is 1. The fourth-order valence-electron chi connectivity index (χ4n) is 18.7. The van der Waals surface area contributed by atoms with Crippen LogP contribution in [0.5, 0.6) is 0 Å². The van der Waals surface area contributed by atoms with Gasteiger partial charge in [0.05, 0.1) is 49.7 Å². The van der Waals surface area contributed by atoms with E-state index in [1.807, 2.05) is 6.92 Å². The monoisotopic (exact) mass is 963 g/mol. The minimum Gasteiger partial charge on any atom is -0.481 e. The number of fused-ring (bicyclic) bond motifs is 2. The number of hydrogen-bond donors (Lipinski definition) is 11. The molecule has 12 N–H and O–H groups in total. The van der Waals surface area contributed by atoms with Crippen molar-refractivity contribution in [2.24, 2.45) is 85.6 Å². The Labute approximate surface area is 405 Å². The lowest BCUT2D eigenvalue weighted by Gasteiger charge is -2.77. The number of nitrogens with two attached hydrogens (primary N) is 1. The van der Waals surface area contributed by atoms with Crippen LogP contribution >= 0.6 is 0 Å². The third-order valence-corrected chi connectivity index (χ3v) is 21.7. The van der Waals surface area contributed by atoms with Crippen LogP contribution in [0.15, 0.2) is 24.2 Å². The molecule has 2 spiro atoms. The van der Waals surface area contributed by atoms with Gasteiger partial charge in [0.2, 0.25) is 5.91 Å². The summed E-state index contributed by atoms with van der Waals surface area (Å²) in [4.78, 5) is 35.9. The minimum absolute atomic E-state index is 0.0177. The van der Waals surface area contributed by atoms with Crippen molar-refractivity contribution in [1.29, 1.82) is 0 Å². The van der Waals surface area contributed by atoms with Gasteiger partial charge in [-0.15, -0.1) is 5.92 Å². The number of H-pyrrole nitrogens is 1. The molecule has 1 aromatic heterocycles. The number of amides is 1. The van der Waals surface area contributed by atoms with Gasteiger partial charge in [-0.2, -0.15) is 0 Å². The highest BCUT2D eigenvalue weighted by molar-refractivity contribution is 5.82. The molecule has 22 unspecified atom stereocenters. The smallest absolute Gasteiger partial charge is 0.310 e. The summed E-state index contributed by atoms with van der Waals surface area (Å²) in [5, 5.41) is 95.2. The van der Waals surface area contributed by atoms with E-state index in [4.69, 9.17) is 15.2 Å². The molecule has 16 heteroatoms. The zero-order chi connectivity index (χ0) is 49.1. The molecule has 7 fully saturated rings. The van der Waals surface area contributed by atoms with Crippen molar-refractivity contribution in [2.45, 2.75) is 159 Å². The third kappa shape index (κ3) is 6.94. The van der Waals surface area contributed by atoms with E-state index in [1.165, 1.54) is 5.57 Å². The summed E-state index contributed by atoms with van der Waals surface area (Å²) in [7, 11) is 0. The topological polar surface area (TPSA) is 281 Å². The number of carbonyl (C=O) groups excluding carboxylic acids is 1. The molecule has 4 bridgehead atoms. The molecule has 10 rings (SSSR count). The zero-order valence-corrected chi connectivity index (χ0v) is 40.6. The quantitative estimate of drug-likeness (QED) is 0.0817. The number of nitrogens with zero attached hydrogens (tertiary/aromatic N) is 1. The number of carbonyl (C=O) groups is 2. The van der Waals surface area contributed by atoms with Crippen molar-refractivity contribution in [1.82, 2.24) is 15.3 Å². The molecular formula is C53H78N4O12. The van der Waals surface area contributed by atoms with E-state index in [1.54, 1.807) is 12.5 Å². The van der Waals surface area contributed by atoms with E-state index in [2.05, 4.69) is 47.0 Å². The lowest BCUT2D eigenvalue weighted by molar-refractivity contribution is -0.346. The lowest BCUT2D eigenvalue weighted by atomic mass is 9.27. The molecule has 1 aromatic rings. The van der Waals surface area contributed by atoms with Crippen LogP contribution in [0, 0.1) is 91.7 Å². The van der Waals surface area contributed by atoms with Gasteiger partial charge in [-0.05, 0) is 124 Å². The largest absolute Gasteiger partial charge is 0.481 e. The SMILES string of the molecule is CC1(CO)CCC2(C(=O)O)CC3CCCC45CCC6C(C)(CO)C(OC7OCC(O)C(O)C7O)C(O)C7C(C8C(CO)C(=O)NC8C(CCCN)c8cnc[nH]8)C#CCCC34C(=CCC5C76C)C2C1. The van der Waals surface area contributed by atoms with Crippen LogP contribution in [-0.4, -0.2) is 139 Å². The first-order valence-corrected chi connectivity index (χ1v) is 26.2. The molecule has 5 saturated carbocycles. The molecule has 0 aromatic carbocycles. The standard InChI is InChI=1S/C53H78N4O12/c1-48(25-59)17-18-51(47(66)67)20-28-8-6-14-52-16-13-36-49(2,26-60)44(69-46-43(64)41(62)35(61)24-68-46)42(63)39-30(9-4-5-15-53(28,52)32(33(51)21-48)11-12-37(52)50(36,39)3)38-31(23-58)45(65)57-40(38)29(10-7-19-54)34-22-55-27-56-34/h11,22,27-31,33,35-44,46,58-64H,5-8,10,12-21,23-26,54H2,1-3H3,(H,55,56)(H,57,65)(H,66,67). The molecule has 2 saturated heterocycles. The molecule has 2 aliphatic heterocycles. The van der Waals surface area contributed by atoms with Gasteiger partial charge in [0.15, 0.2) is 6.29 Å². The Morgan fingerprint density at radius 2 is 1.80 bits per heavy atom. The predicted molar refractivity (Wildman–Crippen MR) is 250 cm³/mol. The number of aromatic amines is 1. The second kappa shape index (κ2) is 17.9. The molecule has 7 aliphatic carbocycles. The summed E-state index contributed by atoms with van der Waals surface area (Å²) in [6.45, 7) is 5.54. The molecule has 3 heterocycles. The highest BCUT2D eigenvalue weighted by Gasteiger charge is 2.78. The second-order valence-electron chi connectivity index (χ2n) is 24.3. The van der Waals surface area contributed by atoms with Gasteiger partial charge in [0, 0.05) is 65.5 Å². The highest BCUT2D eigenvalue weighted by Crippen LogP contribution is 2.82. The van der Waals surface area contributed by atoms with Gasteiger partial charge in [0.1, 0.15) is 18.3 Å². The molecule has 69 heavy (non-hydrogen) atoms. The number of rotatable bonds is 12. The van der Waals surface area contributed by atoms with E-state index < -0.39 is 113 Å². The third-order valence-electron chi connectivity index (χ3n) is 21.7. The van der Waals surface area contributed by atoms with Crippen LogP contribution in [0.2, 0.25) is 0 Å². The average Bonchev–Trinajstić information content (AvgIpc) is 3.99. The maximum Gasteiger partial charge on any atom is 0.310 e. The Kier molecular flexibility index (Phi) is 12.9. The van der Waals surface area contributed by atoms with Crippen LogP contribution in [0.25, 0.3) is 0 Å². The molecule has 0 radical (unpaired) electrons. The number of aliphatic hydroxyl groups excluding tert-OH is 7. The number of allylic oxidation sites excluding steroid dienone is 2. The van der Waals surface area contributed by atoms with E-state index in [0.29, 0.717) is 64.3 Å². The normalized spacial score (nSPS) is 50.3. The Balaban J connectivity index is 1.19. The summed E-state index contributed by atoms with van der Waals surface area (Å²) >= 11 is 0. The van der Waals surface area contributed by atoms with Gasteiger partial charge in [-0.25, -0.2) is 4.98 Å². The molecule has 22 atom stereocenters. The number of aliphatic carboxylic acids is 1. The first-order valence-electron chi connectivity index (χ1n) is 26.2. The maximum absolute atomic E-state index is 14.4. The summed E-state index contributed by atoms with van der Waals surface area (Å²) in [5.74, 6) is 2.50. The first kappa shape index (κ1) is 49.6. The summed E-state index contributed by atoms with van der Waals surface area (Å²) < 4.78 is 12.6. The van der Waals surface area contributed by atoms with Crippen molar-refractivity contribution in [2.75, 3.05) is 33.0 Å². The summed E-state index contributed by atoms with van der Waals surface area (Å²) in [5.41, 5.74) is 4.08. The van der Waals surface area contributed by atoms with Crippen molar-refractivity contribution < 1.29 is 59.9 Å². The van der Waals surface area contributed by atoms with Gasteiger partial charge >= 0.3 is 5.97 Å². The average molecular weight is 963 g/mol. The minimum atomic E-state index is -1.67. The van der Waals surface area contributed by atoms with Gasteiger partial charge in [-0.3, -0.25) is 9.59 Å². The van der Waals surface area contributed by atoms with Gasteiger partial charge in [0.25, 0.3) is 0 Å². The van der Waals surface area contributed by atoms with Crippen LogP contribution in [0.1, 0.15) is 122 Å². The zero-order valence-electron chi connectivity index (χ0n) is 40.6. The summed E-state index contributed by atoms with van der Waals surface area (Å²) in [6, 6.07) is -0.556. The number of carboxylic acid groups (broad SMARTS) is 1. The van der Waals surface area contributed by atoms with Crippen LogP contribution < -0.4 is 11.1 Å². The van der Waals surface area contributed by atoms with Crippen molar-refractivity contribution in [3.63, 3.8) is 0 Å². The maximum atomic E-state index is 14.4. The Hall–Kier alpha value is -2.95. The Bertz CT molecular complexity index is 2200. The van der Waals surface area contributed by atoms with E-state index in [-0.39, 0.29) is 54.1 Å². The lowest BCUT2D eigenvalue weighted by Crippen LogP contribution is -2.75. The van der Waals surface area contributed by atoms with Crippen molar-refractivity contribution in [3.05, 3.63) is 29.9 Å². The number of hydrogen-bond acceptors (Lipinski definition) is 13. The summed E-state index contributed by atoms with van der Waals surface area (Å²) in [6.07, 6.45) is 6.64. The highest BCUT2D eigenvalue weighted by atomic mass is 16.7. The van der Waals surface area contributed by atoms with E-state index in [9.17, 15) is 50.4 Å². The van der Waals surface area contributed by atoms with Crippen LogP contribution in [0.4, 0.5) is 0 Å². The number of ether oxygens (including phenoxy) is 2. The molecule has 1 amide bonds. The second-order valence-corrected chi connectivity index (χ2v) is 24.3. The molecule has 382 valence electrons. The number of aromatic nitrogens is 2. The fourth-order valence-corrected chi connectivity index (χ4v) is 18.7. The molecule has 16 nitrogen and oxygen atoms in total. The van der Waals surface area contributed by atoms with Gasteiger partial charge < -0.3 is 66.4 Å². The van der Waals surface area contributed by atoms with E-state index in [0.717, 1.165) is 37.8 Å².